The summed E-state index contributed by atoms with van der Waals surface area (Å²) in [5, 5.41) is 19.4. The zero-order valence-corrected chi connectivity index (χ0v) is 9.76. The Labute approximate surface area is 105 Å². The third-order valence-corrected chi connectivity index (χ3v) is 2.79. The van der Waals surface area contributed by atoms with Gasteiger partial charge in [0.1, 0.15) is 11.5 Å². The monoisotopic (exact) mass is 241 g/mol. The number of aromatic hydroxyl groups is 2. The van der Waals surface area contributed by atoms with E-state index in [2.05, 4.69) is 0 Å². The molecule has 0 aromatic heterocycles. The summed E-state index contributed by atoms with van der Waals surface area (Å²) in [6, 6.07) is 12.0. The highest BCUT2D eigenvalue weighted by atomic mass is 16.3. The van der Waals surface area contributed by atoms with Gasteiger partial charge in [0.2, 0.25) is 0 Å². The molecule has 0 aliphatic carbocycles. The van der Waals surface area contributed by atoms with Crippen LogP contribution in [0.25, 0.3) is 11.1 Å². The van der Waals surface area contributed by atoms with Crippen molar-refractivity contribution in [3.05, 3.63) is 48.0 Å². The van der Waals surface area contributed by atoms with E-state index < -0.39 is 0 Å². The van der Waals surface area contributed by atoms with Gasteiger partial charge in [0.15, 0.2) is 6.29 Å². The largest absolute Gasteiger partial charge is 0.508 e. The van der Waals surface area contributed by atoms with E-state index in [1.165, 1.54) is 0 Å². The van der Waals surface area contributed by atoms with Crippen molar-refractivity contribution in [3.8, 4) is 22.6 Å². The van der Waals surface area contributed by atoms with Gasteiger partial charge >= 0.3 is 0 Å². The SMILES string of the molecule is O=[C]CCc1cccc(-c2ccc(O)cc2)c1O. The first-order chi connectivity index (χ1) is 8.72. The van der Waals surface area contributed by atoms with Gasteiger partial charge in [-0.3, -0.25) is 4.79 Å². The minimum absolute atomic E-state index is 0.179. The van der Waals surface area contributed by atoms with Crippen molar-refractivity contribution < 1.29 is 15.0 Å². The lowest BCUT2D eigenvalue weighted by atomic mass is 9.99. The lowest BCUT2D eigenvalue weighted by Crippen LogP contribution is -1.89. The Kier molecular flexibility index (Phi) is 3.63. The van der Waals surface area contributed by atoms with Crippen LogP contribution in [0.3, 0.4) is 0 Å². The van der Waals surface area contributed by atoms with Crippen molar-refractivity contribution in [1.82, 2.24) is 0 Å². The van der Waals surface area contributed by atoms with Crippen LogP contribution in [-0.2, 0) is 11.2 Å². The maximum absolute atomic E-state index is 10.2. The number of rotatable bonds is 4. The summed E-state index contributed by atoms with van der Waals surface area (Å²) in [5.74, 6) is 0.364. The molecule has 0 heterocycles. The molecule has 0 aliphatic rings. The molecule has 0 amide bonds. The second-order valence-corrected chi connectivity index (χ2v) is 4.00. The lowest BCUT2D eigenvalue weighted by molar-refractivity contribution is 0.469. The quantitative estimate of drug-likeness (QED) is 0.865. The number of hydrogen-bond acceptors (Lipinski definition) is 3. The van der Waals surface area contributed by atoms with Gasteiger partial charge in [0.25, 0.3) is 0 Å². The number of phenols is 2. The van der Waals surface area contributed by atoms with Crippen molar-refractivity contribution >= 4 is 6.29 Å². The molecule has 2 aromatic carbocycles. The van der Waals surface area contributed by atoms with Crippen molar-refractivity contribution in [1.29, 1.82) is 0 Å². The molecule has 3 nitrogen and oxygen atoms in total. The maximum Gasteiger partial charge on any atom is 0.198 e. The minimum atomic E-state index is 0.179. The zero-order chi connectivity index (χ0) is 13.0. The van der Waals surface area contributed by atoms with Crippen LogP contribution < -0.4 is 0 Å². The van der Waals surface area contributed by atoms with Crippen molar-refractivity contribution in [3.63, 3.8) is 0 Å². The van der Waals surface area contributed by atoms with Gasteiger partial charge < -0.3 is 10.2 Å². The molecule has 18 heavy (non-hydrogen) atoms. The highest BCUT2D eigenvalue weighted by Gasteiger charge is 2.08. The summed E-state index contributed by atoms with van der Waals surface area (Å²) in [6.45, 7) is 0. The molecule has 0 aliphatic heterocycles. The van der Waals surface area contributed by atoms with Crippen LogP contribution in [-0.4, -0.2) is 16.5 Å². The fourth-order valence-electron chi connectivity index (χ4n) is 1.85. The molecule has 91 valence electrons. The third-order valence-electron chi connectivity index (χ3n) is 2.79. The number of aryl methyl sites for hydroxylation is 1. The van der Waals surface area contributed by atoms with Crippen molar-refractivity contribution in [2.75, 3.05) is 0 Å². The smallest absolute Gasteiger partial charge is 0.198 e. The van der Waals surface area contributed by atoms with E-state index in [1.807, 2.05) is 12.4 Å². The standard InChI is InChI=1S/C15H13O3/c16-10-2-4-12-3-1-5-14(15(12)18)11-6-8-13(17)9-7-11/h1,3,5-9,17-18H,2,4H2. The van der Waals surface area contributed by atoms with Gasteiger partial charge in [-0.2, -0.15) is 0 Å². The van der Waals surface area contributed by atoms with E-state index in [0.717, 1.165) is 11.1 Å². The van der Waals surface area contributed by atoms with Crippen molar-refractivity contribution in [2.24, 2.45) is 0 Å². The van der Waals surface area contributed by atoms with Gasteiger partial charge in [-0.05, 0) is 29.7 Å². The molecule has 2 N–H and O–H groups in total. The predicted molar refractivity (Wildman–Crippen MR) is 69.2 cm³/mol. The molecule has 0 atom stereocenters. The number of phenolic OH excluding ortho intramolecular Hbond substituents is 2. The number of carbonyl (C=O) groups excluding carboxylic acids is 1. The van der Waals surface area contributed by atoms with E-state index >= 15 is 0 Å². The van der Waals surface area contributed by atoms with Crippen LogP contribution in [0.4, 0.5) is 0 Å². The van der Waals surface area contributed by atoms with Gasteiger partial charge in [-0.1, -0.05) is 30.3 Å². The summed E-state index contributed by atoms with van der Waals surface area (Å²) in [5.41, 5.74) is 2.24. The fraction of sp³-hybridized carbons (Fsp3) is 0.133. The highest BCUT2D eigenvalue weighted by molar-refractivity contribution is 5.72. The number of benzene rings is 2. The molecule has 1 radical (unpaired) electrons. The van der Waals surface area contributed by atoms with Gasteiger partial charge in [-0.15, -0.1) is 0 Å². The van der Waals surface area contributed by atoms with E-state index in [4.69, 9.17) is 0 Å². The molecule has 2 aromatic rings. The minimum Gasteiger partial charge on any atom is -0.508 e. The average molecular weight is 241 g/mol. The fourth-order valence-corrected chi connectivity index (χ4v) is 1.85. The zero-order valence-electron chi connectivity index (χ0n) is 9.76. The Balaban J connectivity index is 2.38. The topological polar surface area (TPSA) is 57.5 Å². The first-order valence-electron chi connectivity index (χ1n) is 5.67. The molecule has 0 saturated carbocycles. The summed E-state index contributed by atoms with van der Waals surface area (Å²) in [6.07, 6.45) is 2.56. The molecule has 2 rings (SSSR count). The lowest BCUT2D eigenvalue weighted by Gasteiger charge is -2.09. The van der Waals surface area contributed by atoms with E-state index in [1.54, 1.807) is 36.4 Å². The van der Waals surface area contributed by atoms with Crippen LogP contribution in [0.5, 0.6) is 11.5 Å². The molecular formula is C15H13O3. The van der Waals surface area contributed by atoms with E-state index in [0.29, 0.717) is 12.0 Å². The Bertz CT molecular complexity index is 544. The molecule has 0 fully saturated rings. The van der Waals surface area contributed by atoms with Crippen LogP contribution in [0, 0.1) is 0 Å². The van der Waals surface area contributed by atoms with Crippen LogP contribution in [0.15, 0.2) is 42.5 Å². The summed E-state index contributed by atoms with van der Waals surface area (Å²) >= 11 is 0. The Morgan fingerprint density at radius 2 is 1.72 bits per heavy atom. The molecule has 3 heteroatoms. The van der Waals surface area contributed by atoms with E-state index in [-0.39, 0.29) is 17.9 Å². The second-order valence-electron chi connectivity index (χ2n) is 4.00. The van der Waals surface area contributed by atoms with Gasteiger partial charge in [0.05, 0.1) is 0 Å². The molecule has 0 unspecified atom stereocenters. The molecule has 0 saturated heterocycles. The molecule has 0 spiro atoms. The Morgan fingerprint density at radius 3 is 2.39 bits per heavy atom. The number of para-hydroxylation sites is 1. The predicted octanol–water partition coefficient (Wildman–Crippen LogP) is 2.81. The summed E-state index contributed by atoms with van der Waals surface area (Å²) in [4.78, 5) is 10.2. The van der Waals surface area contributed by atoms with E-state index in [9.17, 15) is 15.0 Å². The molecular weight excluding hydrogens is 228 g/mol. The first kappa shape index (κ1) is 12.2. The number of hydrogen-bond donors (Lipinski definition) is 2. The maximum atomic E-state index is 10.2. The normalized spacial score (nSPS) is 10.2. The van der Waals surface area contributed by atoms with Crippen LogP contribution >= 0.6 is 0 Å². The second kappa shape index (κ2) is 5.36. The van der Waals surface area contributed by atoms with Gasteiger partial charge in [-0.25, -0.2) is 0 Å². The Hall–Kier alpha value is -2.29. The molecule has 0 bridgehead atoms. The Morgan fingerprint density at radius 1 is 1.00 bits per heavy atom. The average Bonchev–Trinajstić information content (AvgIpc) is 2.39. The summed E-state index contributed by atoms with van der Waals surface area (Å²) < 4.78 is 0. The summed E-state index contributed by atoms with van der Waals surface area (Å²) in [7, 11) is 0. The van der Waals surface area contributed by atoms with Crippen molar-refractivity contribution in [2.45, 2.75) is 12.8 Å². The first-order valence-corrected chi connectivity index (χ1v) is 5.67. The van der Waals surface area contributed by atoms with Crippen LogP contribution in [0.2, 0.25) is 0 Å². The third kappa shape index (κ3) is 2.51. The van der Waals surface area contributed by atoms with Crippen LogP contribution in [0.1, 0.15) is 12.0 Å². The van der Waals surface area contributed by atoms with Gasteiger partial charge in [0, 0.05) is 12.0 Å². The highest BCUT2D eigenvalue weighted by Crippen LogP contribution is 2.33.